The summed E-state index contributed by atoms with van der Waals surface area (Å²) in [7, 11) is 1.89. The number of carbonyl (C=O) groups is 1. The molecule has 0 fully saturated rings. The summed E-state index contributed by atoms with van der Waals surface area (Å²) in [5.41, 5.74) is 2.31. The number of nitrogens with zero attached hydrogens (tertiary/aromatic N) is 2. The van der Waals surface area contributed by atoms with Crippen molar-refractivity contribution < 1.29 is 9.90 Å². The maximum Gasteiger partial charge on any atom is 0.335 e. The maximum atomic E-state index is 10.8. The van der Waals surface area contributed by atoms with Crippen LogP contribution < -0.4 is 5.32 Å². The number of benzene rings is 1. The van der Waals surface area contributed by atoms with E-state index in [0.29, 0.717) is 0 Å². The molecule has 0 amide bonds. The van der Waals surface area contributed by atoms with Crippen molar-refractivity contribution in [3.05, 3.63) is 46.2 Å². The van der Waals surface area contributed by atoms with Crippen molar-refractivity contribution in [2.24, 2.45) is 7.05 Å². The Balaban J connectivity index is 1.94. The van der Waals surface area contributed by atoms with Crippen molar-refractivity contribution >= 4 is 27.6 Å². The molecule has 0 bridgehead atoms. The second-order valence-electron chi connectivity index (χ2n) is 4.20. The van der Waals surface area contributed by atoms with E-state index in [1.807, 2.05) is 19.4 Å². The Morgan fingerprint density at radius 3 is 2.89 bits per heavy atom. The van der Waals surface area contributed by atoms with E-state index in [2.05, 4.69) is 26.3 Å². The zero-order chi connectivity index (χ0) is 13.8. The highest BCUT2D eigenvalue weighted by atomic mass is 79.9. The van der Waals surface area contributed by atoms with Gasteiger partial charge in [0.25, 0.3) is 0 Å². The van der Waals surface area contributed by atoms with Gasteiger partial charge in [0, 0.05) is 29.9 Å². The topological polar surface area (TPSA) is 67.2 Å². The summed E-state index contributed by atoms with van der Waals surface area (Å²) in [4.78, 5) is 10.8. The fourth-order valence-corrected chi connectivity index (χ4v) is 2.25. The van der Waals surface area contributed by atoms with Gasteiger partial charge >= 0.3 is 5.97 Å². The van der Waals surface area contributed by atoms with Crippen LogP contribution >= 0.6 is 15.9 Å². The highest BCUT2D eigenvalue weighted by Crippen LogP contribution is 2.23. The van der Waals surface area contributed by atoms with Crippen molar-refractivity contribution in [3.63, 3.8) is 0 Å². The van der Waals surface area contributed by atoms with Crippen molar-refractivity contribution in [2.75, 3.05) is 11.9 Å². The number of carboxylic acid groups (broad SMARTS) is 1. The van der Waals surface area contributed by atoms with Crippen LogP contribution in [0.3, 0.4) is 0 Å². The van der Waals surface area contributed by atoms with Crippen LogP contribution in [-0.2, 0) is 13.5 Å². The van der Waals surface area contributed by atoms with Gasteiger partial charge in [-0.15, -0.1) is 0 Å². The van der Waals surface area contributed by atoms with Crippen molar-refractivity contribution in [1.29, 1.82) is 0 Å². The molecule has 2 aromatic rings. The Morgan fingerprint density at radius 1 is 1.53 bits per heavy atom. The van der Waals surface area contributed by atoms with Crippen molar-refractivity contribution in [2.45, 2.75) is 6.42 Å². The number of aromatic carboxylic acids is 1. The lowest BCUT2D eigenvalue weighted by atomic mass is 10.2. The molecule has 1 heterocycles. The summed E-state index contributed by atoms with van der Waals surface area (Å²) >= 11 is 3.36. The van der Waals surface area contributed by atoms with Gasteiger partial charge < -0.3 is 10.4 Å². The number of halogens is 1. The summed E-state index contributed by atoms with van der Waals surface area (Å²) in [6.07, 6.45) is 4.68. The molecule has 100 valence electrons. The number of aromatic nitrogens is 2. The Kier molecular flexibility index (Phi) is 4.21. The molecule has 0 spiro atoms. The quantitative estimate of drug-likeness (QED) is 0.887. The van der Waals surface area contributed by atoms with Crippen LogP contribution in [0.15, 0.2) is 35.1 Å². The smallest absolute Gasteiger partial charge is 0.335 e. The second kappa shape index (κ2) is 5.88. The van der Waals surface area contributed by atoms with Gasteiger partial charge in [0.15, 0.2) is 0 Å². The largest absolute Gasteiger partial charge is 0.478 e. The third-order valence-electron chi connectivity index (χ3n) is 2.70. The van der Waals surface area contributed by atoms with Gasteiger partial charge in [-0.2, -0.15) is 5.10 Å². The van der Waals surface area contributed by atoms with Crippen LogP contribution in [0, 0.1) is 0 Å². The molecule has 5 nitrogen and oxygen atoms in total. The maximum absolute atomic E-state index is 10.8. The lowest BCUT2D eigenvalue weighted by molar-refractivity contribution is 0.0697. The highest BCUT2D eigenvalue weighted by molar-refractivity contribution is 9.10. The van der Waals surface area contributed by atoms with E-state index in [0.717, 1.165) is 28.7 Å². The standard InChI is InChI=1S/C13H14BrN3O2/c1-17-8-9(7-16-17)4-5-15-12-3-2-10(13(18)19)6-11(12)14/h2-3,6-8,15H,4-5H2,1H3,(H,18,19). The third kappa shape index (κ3) is 3.57. The number of anilines is 1. The van der Waals surface area contributed by atoms with Gasteiger partial charge in [0.05, 0.1) is 11.8 Å². The van der Waals surface area contributed by atoms with Gasteiger partial charge in [-0.05, 0) is 46.1 Å². The fraction of sp³-hybridized carbons (Fsp3) is 0.231. The SMILES string of the molecule is Cn1cc(CCNc2ccc(C(=O)O)cc2Br)cn1. The lowest BCUT2D eigenvalue weighted by Gasteiger charge is -2.08. The molecule has 2 N–H and O–H groups in total. The predicted octanol–water partition coefficient (Wildman–Crippen LogP) is 2.54. The Hall–Kier alpha value is -1.82. The van der Waals surface area contributed by atoms with E-state index in [1.54, 1.807) is 22.9 Å². The molecule has 2 rings (SSSR count). The molecule has 0 unspecified atom stereocenters. The van der Waals surface area contributed by atoms with Gasteiger partial charge in [-0.1, -0.05) is 0 Å². The molecule has 0 saturated carbocycles. The molecule has 0 saturated heterocycles. The first-order valence-corrected chi connectivity index (χ1v) is 6.60. The van der Waals surface area contributed by atoms with Gasteiger partial charge in [0.1, 0.15) is 0 Å². The molecule has 0 atom stereocenters. The number of nitrogens with one attached hydrogen (secondary N) is 1. The second-order valence-corrected chi connectivity index (χ2v) is 5.05. The summed E-state index contributed by atoms with van der Waals surface area (Å²) in [6.45, 7) is 0.761. The molecular weight excluding hydrogens is 310 g/mol. The minimum atomic E-state index is -0.928. The van der Waals surface area contributed by atoms with E-state index in [4.69, 9.17) is 5.11 Å². The predicted molar refractivity (Wildman–Crippen MR) is 76.5 cm³/mol. The zero-order valence-electron chi connectivity index (χ0n) is 10.4. The molecule has 1 aromatic heterocycles. The molecule has 1 aromatic carbocycles. The summed E-state index contributed by atoms with van der Waals surface area (Å²) in [6, 6.07) is 4.94. The minimum absolute atomic E-state index is 0.268. The normalized spacial score (nSPS) is 10.4. The van der Waals surface area contributed by atoms with E-state index >= 15 is 0 Å². The molecule has 0 radical (unpaired) electrons. The zero-order valence-corrected chi connectivity index (χ0v) is 12.0. The number of rotatable bonds is 5. The number of hydrogen-bond acceptors (Lipinski definition) is 3. The van der Waals surface area contributed by atoms with Gasteiger partial charge in [0.2, 0.25) is 0 Å². The first-order valence-electron chi connectivity index (χ1n) is 5.80. The van der Waals surface area contributed by atoms with Crippen LogP contribution in [0.5, 0.6) is 0 Å². The third-order valence-corrected chi connectivity index (χ3v) is 3.36. The molecule has 19 heavy (non-hydrogen) atoms. The van der Waals surface area contributed by atoms with Crippen LogP contribution in [0.1, 0.15) is 15.9 Å². The van der Waals surface area contributed by atoms with Crippen LogP contribution in [0.4, 0.5) is 5.69 Å². The Morgan fingerprint density at radius 2 is 2.32 bits per heavy atom. The van der Waals surface area contributed by atoms with Gasteiger partial charge in [-0.25, -0.2) is 4.79 Å². The highest BCUT2D eigenvalue weighted by Gasteiger charge is 2.06. The number of carboxylic acids is 1. The number of aryl methyl sites for hydroxylation is 1. The number of hydrogen-bond donors (Lipinski definition) is 2. The van der Waals surface area contributed by atoms with Crippen molar-refractivity contribution in [3.8, 4) is 0 Å². The molecule has 6 heteroatoms. The Bertz CT molecular complexity index is 595. The van der Waals surface area contributed by atoms with E-state index in [1.165, 1.54) is 0 Å². The van der Waals surface area contributed by atoms with Crippen LogP contribution in [0.2, 0.25) is 0 Å². The summed E-state index contributed by atoms with van der Waals surface area (Å²) in [5.74, 6) is -0.928. The molecule has 0 aliphatic carbocycles. The van der Waals surface area contributed by atoms with E-state index < -0.39 is 5.97 Å². The Labute approximate surface area is 119 Å². The minimum Gasteiger partial charge on any atom is -0.478 e. The monoisotopic (exact) mass is 323 g/mol. The fourth-order valence-electron chi connectivity index (χ4n) is 1.73. The molecule has 0 aliphatic heterocycles. The van der Waals surface area contributed by atoms with Crippen molar-refractivity contribution in [1.82, 2.24) is 9.78 Å². The summed E-state index contributed by atoms with van der Waals surface area (Å²) < 4.78 is 2.52. The van der Waals surface area contributed by atoms with E-state index in [-0.39, 0.29) is 5.56 Å². The first kappa shape index (κ1) is 13.6. The molecule has 0 aliphatic rings. The summed E-state index contributed by atoms with van der Waals surface area (Å²) in [5, 5.41) is 16.2. The molecular formula is C13H14BrN3O2. The first-order chi connectivity index (χ1) is 9.06. The van der Waals surface area contributed by atoms with Crippen LogP contribution in [0.25, 0.3) is 0 Å². The van der Waals surface area contributed by atoms with Crippen LogP contribution in [-0.4, -0.2) is 27.4 Å². The average molecular weight is 324 g/mol. The lowest BCUT2D eigenvalue weighted by Crippen LogP contribution is -2.06. The average Bonchev–Trinajstić information content (AvgIpc) is 2.77. The van der Waals surface area contributed by atoms with Gasteiger partial charge in [-0.3, -0.25) is 4.68 Å². The van der Waals surface area contributed by atoms with E-state index in [9.17, 15) is 4.79 Å².